The topological polar surface area (TPSA) is 32.3 Å². The number of aryl methyl sites for hydroxylation is 2. The first-order valence-electron chi connectivity index (χ1n) is 7.07. The zero-order valence-electron chi connectivity index (χ0n) is 11.5. The molecule has 1 unspecified atom stereocenters. The zero-order chi connectivity index (χ0) is 14.8. The first kappa shape index (κ1) is 14.6. The third-order valence-electron chi connectivity index (χ3n) is 3.76. The average Bonchev–Trinajstić information content (AvgIpc) is 3.02. The first-order chi connectivity index (χ1) is 10.1. The number of halogens is 2. The van der Waals surface area contributed by atoms with E-state index in [-0.39, 0.29) is 0 Å². The van der Waals surface area contributed by atoms with Crippen molar-refractivity contribution in [2.75, 3.05) is 6.54 Å². The minimum Gasteiger partial charge on any atom is -0.387 e. The summed E-state index contributed by atoms with van der Waals surface area (Å²) < 4.78 is 26.0. The second-order valence-corrected chi connectivity index (χ2v) is 6.56. The molecular weight excluding hydrogens is 292 g/mol. The molecule has 1 aromatic heterocycles. The number of aliphatic hydroxyl groups excluding tert-OH is 1. The number of fused-ring (bicyclic) bond motifs is 1. The summed E-state index contributed by atoms with van der Waals surface area (Å²) in [7, 11) is 0. The molecular formula is C16H17F2NOS. The number of aliphatic hydroxyl groups is 1. The fourth-order valence-electron chi connectivity index (χ4n) is 2.65. The second-order valence-electron chi connectivity index (χ2n) is 5.33. The highest BCUT2D eigenvalue weighted by molar-refractivity contribution is 7.12. The van der Waals surface area contributed by atoms with E-state index in [0.29, 0.717) is 18.7 Å². The Balaban J connectivity index is 1.53. The molecule has 21 heavy (non-hydrogen) atoms. The van der Waals surface area contributed by atoms with E-state index in [2.05, 4.69) is 11.4 Å². The van der Waals surface area contributed by atoms with E-state index in [4.69, 9.17) is 0 Å². The van der Waals surface area contributed by atoms with Crippen LogP contribution < -0.4 is 5.32 Å². The van der Waals surface area contributed by atoms with E-state index in [1.54, 1.807) is 0 Å². The van der Waals surface area contributed by atoms with Gasteiger partial charge < -0.3 is 10.4 Å². The summed E-state index contributed by atoms with van der Waals surface area (Å²) in [6, 6.07) is 5.72. The van der Waals surface area contributed by atoms with E-state index in [1.807, 2.05) is 11.3 Å². The Kier molecular flexibility index (Phi) is 4.33. The van der Waals surface area contributed by atoms with Crippen LogP contribution in [-0.2, 0) is 19.4 Å². The number of hydrogen-bond acceptors (Lipinski definition) is 3. The molecule has 0 radical (unpaired) electrons. The minimum absolute atomic E-state index is 0.313. The molecule has 1 atom stereocenters. The SMILES string of the molecule is OC(CNCc1cc2c(s1)CCC2)c1ccc(F)c(F)c1. The first-order valence-corrected chi connectivity index (χ1v) is 7.89. The molecule has 1 aliphatic rings. The highest BCUT2D eigenvalue weighted by Crippen LogP contribution is 2.30. The van der Waals surface area contributed by atoms with Gasteiger partial charge in [-0.15, -0.1) is 11.3 Å². The maximum absolute atomic E-state index is 13.1. The van der Waals surface area contributed by atoms with Crippen LogP contribution in [0.5, 0.6) is 0 Å². The third-order valence-corrected chi connectivity index (χ3v) is 5.00. The lowest BCUT2D eigenvalue weighted by molar-refractivity contribution is 0.174. The molecule has 112 valence electrons. The van der Waals surface area contributed by atoms with E-state index >= 15 is 0 Å². The van der Waals surface area contributed by atoms with Gasteiger partial charge >= 0.3 is 0 Å². The van der Waals surface area contributed by atoms with Gasteiger partial charge in [0, 0.05) is 22.8 Å². The predicted molar refractivity (Wildman–Crippen MR) is 79.4 cm³/mol. The maximum atomic E-state index is 13.1. The van der Waals surface area contributed by atoms with Gasteiger partial charge in [0.05, 0.1) is 6.10 Å². The summed E-state index contributed by atoms with van der Waals surface area (Å²) in [6.45, 7) is 1.01. The molecule has 0 spiro atoms. The highest BCUT2D eigenvalue weighted by atomic mass is 32.1. The van der Waals surface area contributed by atoms with Gasteiger partial charge in [0.25, 0.3) is 0 Å². The minimum atomic E-state index is -0.929. The van der Waals surface area contributed by atoms with Crippen molar-refractivity contribution in [2.24, 2.45) is 0 Å². The molecule has 1 aliphatic carbocycles. The second kappa shape index (κ2) is 6.22. The van der Waals surface area contributed by atoms with Crippen LogP contribution in [-0.4, -0.2) is 11.7 Å². The molecule has 0 fully saturated rings. The monoisotopic (exact) mass is 309 g/mol. The molecule has 5 heteroatoms. The van der Waals surface area contributed by atoms with E-state index in [0.717, 1.165) is 12.1 Å². The van der Waals surface area contributed by atoms with E-state index in [9.17, 15) is 13.9 Å². The standard InChI is InChI=1S/C16H17F2NOS/c17-13-5-4-10(7-14(13)18)15(20)9-19-8-12-6-11-2-1-3-16(11)21-12/h4-7,15,19-20H,1-3,8-9H2. The van der Waals surface area contributed by atoms with Crippen molar-refractivity contribution in [2.45, 2.75) is 31.9 Å². The van der Waals surface area contributed by atoms with Gasteiger partial charge in [-0.1, -0.05) is 6.07 Å². The lowest BCUT2D eigenvalue weighted by Gasteiger charge is -2.12. The molecule has 2 aromatic rings. The van der Waals surface area contributed by atoms with Gasteiger partial charge in [0.1, 0.15) is 0 Å². The average molecular weight is 309 g/mol. The summed E-state index contributed by atoms with van der Waals surface area (Å²) in [5.74, 6) is -1.83. The van der Waals surface area contributed by atoms with Crippen LogP contribution in [0.1, 0.15) is 33.4 Å². The predicted octanol–water partition coefficient (Wildman–Crippen LogP) is 3.34. The lowest BCUT2D eigenvalue weighted by atomic mass is 10.1. The summed E-state index contributed by atoms with van der Waals surface area (Å²) in [4.78, 5) is 2.74. The Morgan fingerprint density at radius 3 is 2.81 bits per heavy atom. The molecule has 0 amide bonds. The quantitative estimate of drug-likeness (QED) is 0.888. The lowest BCUT2D eigenvalue weighted by Crippen LogP contribution is -2.20. The molecule has 0 saturated heterocycles. The van der Waals surface area contributed by atoms with Gasteiger partial charge in [-0.3, -0.25) is 0 Å². The van der Waals surface area contributed by atoms with Crippen molar-refractivity contribution >= 4 is 11.3 Å². The van der Waals surface area contributed by atoms with Crippen molar-refractivity contribution in [3.8, 4) is 0 Å². The Labute approximate surface area is 126 Å². The van der Waals surface area contributed by atoms with Crippen LogP contribution in [0.2, 0.25) is 0 Å². The fourth-order valence-corrected chi connectivity index (χ4v) is 3.88. The summed E-state index contributed by atoms with van der Waals surface area (Å²) in [6.07, 6.45) is 2.76. The van der Waals surface area contributed by atoms with Crippen LogP contribution >= 0.6 is 11.3 Å². The molecule has 0 bridgehead atoms. The summed E-state index contributed by atoms with van der Waals surface area (Å²) >= 11 is 1.82. The summed E-state index contributed by atoms with van der Waals surface area (Å²) in [5.41, 5.74) is 1.84. The Morgan fingerprint density at radius 2 is 2.05 bits per heavy atom. The zero-order valence-corrected chi connectivity index (χ0v) is 12.4. The Bertz CT molecular complexity index is 620. The smallest absolute Gasteiger partial charge is 0.159 e. The molecule has 1 heterocycles. The number of thiophene rings is 1. The van der Waals surface area contributed by atoms with Gasteiger partial charge in [0.15, 0.2) is 11.6 Å². The van der Waals surface area contributed by atoms with Crippen LogP contribution in [0.3, 0.4) is 0 Å². The van der Waals surface area contributed by atoms with Crippen LogP contribution in [0.15, 0.2) is 24.3 Å². The Hall–Kier alpha value is -1.30. The summed E-state index contributed by atoms with van der Waals surface area (Å²) in [5, 5.41) is 13.1. The molecule has 0 saturated carbocycles. The van der Waals surface area contributed by atoms with Crippen molar-refractivity contribution in [3.63, 3.8) is 0 Å². The van der Waals surface area contributed by atoms with Gasteiger partial charge in [-0.05, 0) is 48.6 Å². The van der Waals surface area contributed by atoms with Gasteiger partial charge in [0.2, 0.25) is 0 Å². The van der Waals surface area contributed by atoms with Crippen molar-refractivity contribution in [1.82, 2.24) is 5.32 Å². The number of benzene rings is 1. The van der Waals surface area contributed by atoms with Crippen LogP contribution in [0.4, 0.5) is 8.78 Å². The third kappa shape index (κ3) is 3.31. The molecule has 2 N–H and O–H groups in total. The molecule has 3 rings (SSSR count). The van der Waals surface area contributed by atoms with Crippen molar-refractivity contribution in [1.29, 1.82) is 0 Å². The number of nitrogens with one attached hydrogen (secondary N) is 1. The number of hydrogen-bond donors (Lipinski definition) is 2. The Morgan fingerprint density at radius 1 is 1.19 bits per heavy atom. The van der Waals surface area contributed by atoms with Crippen LogP contribution in [0.25, 0.3) is 0 Å². The highest BCUT2D eigenvalue weighted by Gasteiger charge is 2.15. The molecule has 2 nitrogen and oxygen atoms in total. The van der Waals surface area contributed by atoms with Gasteiger partial charge in [-0.2, -0.15) is 0 Å². The van der Waals surface area contributed by atoms with E-state index < -0.39 is 17.7 Å². The fraction of sp³-hybridized carbons (Fsp3) is 0.375. The number of rotatable bonds is 5. The maximum Gasteiger partial charge on any atom is 0.159 e. The molecule has 0 aliphatic heterocycles. The van der Waals surface area contributed by atoms with Gasteiger partial charge in [-0.25, -0.2) is 8.78 Å². The van der Waals surface area contributed by atoms with Crippen LogP contribution in [0, 0.1) is 11.6 Å². The van der Waals surface area contributed by atoms with Crippen molar-refractivity contribution < 1.29 is 13.9 Å². The van der Waals surface area contributed by atoms with E-state index in [1.165, 1.54) is 40.6 Å². The molecule has 1 aromatic carbocycles. The van der Waals surface area contributed by atoms with Crippen molar-refractivity contribution in [3.05, 3.63) is 56.8 Å². The largest absolute Gasteiger partial charge is 0.387 e. The normalized spacial score (nSPS) is 15.2.